The Kier molecular flexibility index (Phi) is 5.21. The maximum atomic E-state index is 12.9. The van der Waals surface area contributed by atoms with Crippen molar-refractivity contribution < 1.29 is 9.90 Å². The third-order valence-electron chi connectivity index (χ3n) is 13.7. The molecule has 0 amide bonds. The molecule has 0 spiro atoms. The first-order valence-corrected chi connectivity index (χ1v) is 14.7. The van der Waals surface area contributed by atoms with Crippen molar-refractivity contribution in [2.75, 3.05) is 5.73 Å². The maximum Gasteiger partial charge on any atom is 0.309 e. The van der Waals surface area contributed by atoms with Gasteiger partial charge in [-0.2, -0.15) is 0 Å². The van der Waals surface area contributed by atoms with Crippen LogP contribution in [0, 0.1) is 51.2 Å². The number of nitrogens with zero attached hydrogens (tertiary/aromatic N) is 2. The lowest BCUT2D eigenvalue weighted by atomic mass is 9.32. The van der Waals surface area contributed by atoms with E-state index in [-0.39, 0.29) is 27.6 Å². The fourth-order valence-electron chi connectivity index (χ4n) is 12.0. The summed E-state index contributed by atoms with van der Waals surface area (Å²) in [7, 11) is 0. The van der Waals surface area contributed by atoms with Crippen LogP contribution in [0.25, 0.3) is 0 Å². The quantitative estimate of drug-likeness (QED) is 0.431. The van der Waals surface area contributed by atoms with E-state index in [1.165, 1.54) is 30.4 Å². The molecule has 37 heavy (non-hydrogen) atoms. The minimum atomic E-state index is -0.554. The van der Waals surface area contributed by atoms with Gasteiger partial charge in [-0.25, -0.2) is 9.97 Å². The van der Waals surface area contributed by atoms with Gasteiger partial charge in [0.1, 0.15) is 0 Å². The highest BCUT2D eigenvalue weighted by atomic mass is 16.4. The monoisotopic (exact) mass is 505 g/mol. The van der Waals surface area contributed by atoms with Crippen LogP contribution >= 0.6 is 0 Å². The van der Waals surface area contributed by atoms with Crippen LogP contribution < -0.4 is 5.73 Å². The summed E-state index contributed by atoms with van der Waals surface area (Å²) in [5.41, 5.74) is 9.60. The van der Waals surface area contributed by atoms with E-state index in [2.05, 4.69) is 53.1 Å². The van der Waals surface area contributed by atoms with Crippen molar-refractivity contribution in [3.63, 3.8) is 0 Å². The van der Waals surface area contributed by atoms with E-state index in [4.69, 9.17) is 10.7 Å². The summed E-state index contributed by atoms with van der Waals surface area (Å²) in [6.45, 7) is 19.0. The highest BCUT2D eigenvalue weighted by molar-refractivity contribution is 5.76. The molecular formula is C32H47N3O2. The molecule has 0 unspecified atom stereocenters. The third-order valence-corrected chi connectivity index (χ3v) is 13.7. The van der Waals surface area contributed by atoms with Gasteiger partial charge in [0.05, 0.1) is 11.1 Å². The number of aromatic nitrogens is 2. The van der Waals surface area contributed by atoms with Gasteiger partial charge in [-0.15, -0.1) is 0 Å². The van der Waals surface area contributed by atoms with Gasteiger partial charge in [-0.1, -0.05) is 46.8 Å². The van der Waals surface area contributed by atoms with E-state index in [1.54, 1.807) is 0 Å². The zero-order chi connectivity index (χ0) is 26.8. The molecule has 0 aromatic carbocycles. The van der Waals surface area contributed by atoms with Crippen LogP contribution in [-0.2, 0) is 16.6 Å². The molecule has 3 N–H and O–H groups in total. The van der Waals surface area contributed by atoms with Gasteiger partial charge in [-0.3, -0.25) is 4.79 Å². The van der Waals surface area contributed by atoms with Gasteiger partial charge < -0.3 is 10.8 Å². The molecule has 1 aromatic rings. The number of rotatable bonds is 2. The fourth-order valence-corrected chi connectivity index (χ4v) is 12.0. The summed E-state index contributed by atoms with van der Waals surface area (Å²) in [5, 5.41) is 10.6. The Balaban J connectivity index is 1.44. The largest absolute Gasteiger partial charge is 0.481 e. The second-order valence-electron chi connectivity index (χ2n) is 15.1. The average Bonchev–Trinajstić information content (AvgIpc) is 3.21. The van der Waals surface area contributed by atoms with Gasteiger partial charge >= 0.3 is 5.97 Å². The summed E-state index contributed by atoms with van der Waals surface area (Å²) < 4.78 is 0. The molecule has 1 heterocycles. The molecule has 5 aliphatic carbocycles. The standard InChI is InChI=1S/C32H47N3O2/c1-18(2)20-10-13-32(26(36)37)15-14-30(6)21(24(20)32)8-9-23-29(5)16-19-17-34-27(33)35-25(19)28(3,4)22(29)11-12-31(23,30)7/h17,20-24H,1,8-16H2,2-7H3,(H,36,37)(H2,33,34,35)/t20-,21+,22-,23+,24+,29-,30+,31+,32-/m0/s1. The molecular weight excluding hydrogens is 458 g/mol. The molecule has 1 aromatic heterocycles. The van der Waals surface area contributed by atoms with Crippen LogP contribution in [0.15, 0.2) is 18.3 Å². The second-order valence-corrected chi connectivity index (χ2v) is 15.1. The highest BCUT2D eigenvalue weighted by Gasteiger charge is 2.72. The first kappa shape index (κ1) is 25.4. The Labute approximate surface area is 223 Å². The van der Waals surface area contributed by atoms with E-state index >= 15 is 0 Å². The smallest absolute Gasteiger partial charge is 0.309 e. The Bertz CT molecular complexity index is 1180. The van der Waals surface area contributed by atoms with Crippen molar-refractivity contribution in [1.29, 1.82) is 0 Å². The predicted molar refractivity (Wildman–Crippen MR) is 147 cm³/mol. The normalized spacial score (nSPS) is 47.6. The molecule has 6 rings (SSSR count). The number of fused-ring (bicyclic) bond motifs is 8. The van der Waals surface area contributed by atoms with E-state index in [1.807, 2.05) is 6.20 Å². The first-order valence-electron chi connectivity index (χ1n) is 14.7. The zero-order valence-electron chi connectivity index (χ0n) is 23.9. The van der Waals surface area contributed by atoms with Crippen LogP contribution in [-0.4, -0.2) is 21.0 Å². The molecule has 0 aliphatic heterocycles. The molecule has 9 atom stereocenters. The van der Waals surface area contributed by atoms with Gasteiger partial charge in [-0.05, 0) is 116 Å². The summed E-state index contributed by atoms with van der Waals surface area (Å²) in [6, 6.07) is 0. The van der Waals surface area contributed by atoms with Gasteiger partial charge in [0.2, 0.25) is 5.95 Å². The number of aliphatic carboxylic acids is 1. The second kappa shape index (κ2) is 7.60. The molecule has 5 aliphatic rings. The van der Waals surface area contributed by atoms with Crippen LogP contribution in [0.3, 0.4) is 0 Å². The summed E-state index contributed by atoms with van der Waals surface area (Å²) >= 11 is 0. The lowest BCUT2D eigenvalue weighted by Gasteiger charge is -2.72. The van der Waals surface area contributed by atoms with Gasteiger partial charge in [0.15, 0.2) is 0 Å². The lowest BCUT2D eigenvalue weighted by Crippen LogP contribution is -2.67. The number of hydrogen-bond acceptors (Lipinski definition) is 4. The topological polar surface area (TPSA) is 89.1 Å². The molecule has 4 saturated carbocycles. The zero-order valence-corrected chi connectivity index (χ0v) is 23.9. The Morgan fingerprint density at radius 1 is 1.00 bits per heavy atom. The first-order chi connectivity index (χ1) is 17.2. The lowest BCUT2D eigenvalue weighted by molar-refractivity contribution is -0.228. The Morgan fingerprint density at radius 2 is 1.73 bits per heavy atom. The molecule has 5 heteroatoms. The molecule has 4 fully saturated rings. The summed E-state index contributed by atoms with van der Waals surface area (Å²) in [6.07, 6.45) is 11.5. The van der Waals surface area contributed by atoms with Crippen LogP contribution in [0.4, 0.5) is 5.95 Å². The van der Waals surface area contributed by atoms with E-state index in [9.17, 15) is 9.90 Å². The Hall–Kier alpha value is -1.91. The molecule has 202 valence electrons. The summed E-state index contributed by atoms with van der Waals surface area (Å²) in [5.74, 6) is 2.02. The third kappa shape index (κ3) is 2.95. The van der Waals surface area contributed by atoms with E-state index < -0.39 is 11.4 Å². The SMILES string of the molecule is C=C(C)[C@@H]1CC[C@]2(C(=O)O)CC[C@]3(C)[C@H](CC[C@@H]4[C@@]5(C)Cc6cnc(N)nc6C(C)(C)[C@@H]5CC[C@]43C)[C@@H]12. The van der Waals surface area contributed by atoms with Gasteiger partial charge in [0, 0.05) is 11.6 Å². The van der Waals surface area contributed by atoms with E-state index in [0.29, 0.717) is 29.6 Å². The minimum absolute atomic E-state index is 0.0417. The minimum Gasteiger partial charge on any atom is -0.481 e. The summed E-state index contributed by atoms with van der Waals surface area (Å²) in [4.78, 5) is 22.1. The number of hydrogen-bond donors (Lipinski definition) is 2. The van der Waals surface area contributed by atoms with Crippen molar-refractivity contribution in [3.05, 3.63) is 29.6 Å². The molecule has 5 nitrogen and oxygen atoms in total. The fraction of sp³-hybridized carbons (Fsp3) is 0.781. The number of allylic oxidation sites excluding steroid dienone is 1. The van der Waals surface area contributed by atoms with Crippen LogP contribution in [0.5, 0.6) is 0 Å². The molecule has 0 saturated heterocycles. The maximum absolute atomic E-state index is 12.9. The number of carbonyl (C=O) groups is 1. The van der Waals surface area contributed by atoms with E-state index in [0.717, 1.165) is 44.2 Å². The Morgan fingerprint density at radius 3 is 2.41 bits per heavy atom. The van der Waals surface area contributed by atoms with Gasteiger partial charge in [0.25, 0.3) is 0 Å². The predicted octanol–water partition coefficient (Wildman–Crippen LogP) is 6.81. The number of anilines is 1. The van der Waals surface area contributed by atoms with Crippen LogP contribution in [0.2, 0.25) is 0 Å². The van der Waals surface area contributed by atoms with Crippen molar-refractivity contribution in [3.8, 4) is 0 Å². The number of carboxylic acids is 1. The molecule has 0 bridgehead atoms. The highest BCUT2D eigenvalue weighted by Crippen LogP contribution is 2.77. The van der Waals surface area contributed by atoms with Crippen molar-refractivity contribution >= 4 is 11.9 Å². The van der Waals surface area contributed by atoms with Crippen molar-refractivity contribution in [2.45, 2.75) is 105 Å². The van der Waals surface area contributed by atoms with Crippen molar-refractivity contribution in [2.24, 2.45) is 51.2 Å². The average molecular weight is 506 g/mol. The number of nitrogen functional groups attached to an aromatic ring is 1. The number of nitrogens with two attached hydrogens (primary N) is 1. The number of carboxylic acid groups (broad SMARTS) is 1. The van der Waals surface area contributed by atoms with Crippen molar-refractivity contribution in [1.82, 2.24) is 9.97 Å². The van der Waals surface area contributed by atoms with Crippen LogP contribution in [0.1, 0.15) is 104 Å². The molecule has 0 radical (unpaired) electrons.